The molecule has 3 rings (SSSR count). The van der Waals surface area contributed by atoms with Gasteiger partial charge >= 0.3 is 0 Å². The maximum atomic E-state index is 13.3. The Bertz CT molecular complexity index is 907. The molecule has 0 spiro atoms. The largest absolute Gasteiger partial charge is 0.441 e. The maximum Gasteiger partial charge on any atom is 0.244 e. The van der Waals surface area contributed by atoms with E-state index in [2.05, 4.69) is 10.3 Å². The number of fused-ring (bicyclic) bond motifs is 1. The normalized spacial score (nSPS) is 12.2. The maximum absolute atomic E-state index is 13.3. The highest BCUT2D eigenvalue weighted by Crippen LogP contribution is 2.20. The molecule has 0 aliphatic carbocycles. The van der Waals surface area contributed by atoms with Crippen LogP contribution in [0.2, 0.25) is 0 Å². The van der Waals surface area contributed by atoms with Crippen LogP contribution in [0, 0.1) is 12.7 Å². The summed E-state index contributed by atoms with van der Waals surface area (Å²) >= 11 is 0. The number of likely N-dealkylation sites (N-methyl/N-ethyl adjacent to an activating group) is 1. The number of carbonyl (C=O) groups is 1. The number of aromatic nitrogens is 1. The van der Waals surface area contributed by atoms with Crippen molar-refractivity contribution < 1.29 is 13.6 Å². The van der Waals surface area contributed by atoms with Crippen LogP contribution in [0.4, 0.5) is 10.1 Å². The predicted molar refractivity (Wildman–Crippen MR) is 94.7 cm³/mol. The van der Waals surface area contributed by atoms with E-state index in [9.17, 15) is 9.18 Å². The summed E-state index contributed by atoms with van der Waals surface area (Å²) in [5.41, 5.74) is 3.00. The van der Waals surface area contributed by atoms with Crippen LogP contribution < -0.4 is 5.32 Å². The number of nitrogens with one attached hydrogen (secondary N) is 1. The molecule has 5 nitrogen and oxygen atoms in total. The molecule has 25 heavy (non-hydrogen) atoms. The molecular formula is C19H20FN3O2. The third-order valence-electron chi connectivity index (χ3n) is 3.93. The molecule has 3 aromatic rings. The smallest absolute Gasteiger partial charge is 0.244 e. The second-order valence-corrected chi connectivity index (χ2v) is 6.11. The van der Waals surface area contributed by atoms with Crippen molar-refractivity contribution in [3.63, 3.8) is 0 Å². The Morgan fingerprint density at radius 1 is 1.32 bits per heavy atom. The number of hydrogen-bond donors (Lipinski definition) is 1. The first-order chi connectivity index (χ1) is 11.9. The molecule has 1 N–H and O–H groups in total. The summed E-state index contributed by atoms with van der Waals surface area (Å²) in [5, 5.41) is 3.17. The number of benzene rings is 2. The topological polar surface area (TPSA) is 58.4 Å². The van der Waals surface area contributed by atoms with Gasteiger partial charge in [-0.15, -0.1) is 0 Å². The fraction of sp³-hybridized carbons (Fsp3) is 0.263. The van der Waals surface area contributed by atoms with E-state index in [1.165, 1.54) is 12.1 Å². The van der Waals surface area contributed by atoms with E-state index in [4.69, 9.17) is 4.42 Å². The van der Waals surface area contributed by atoms with Gasteiger partial charge in [0.25, 0.3) is 0 Å². The van der Waals surface area contributed by atoms with Gasteiger partial charge in [-0.05, 0) is 42.8 Å². The summed E-state index contributed by atoms with van der Waals surface area (Å²) in [6.45, 7) is 3.94. The fourth-order valence-corrected chi connectivity index (χ4v) is 2.76. The zero-order valence-electron chi connectivity index (χ0n) is 14.4. The minimum Gasteiger partial charge on any atom is -0.441 e. The van der Waals surface area contributed by atoms with Crippen LogP contribution in [-0.2, 0) is 11.3 Å². The van der Waals surface area contributed by atoms with Gasteiger partial charge in [-0.25, -0.2) is 9.37 Å². The minimum atomic E-state index is -0.427. The number of aryl methyl sites for hydroxylation is 1. The molecule has 1 amide bonds. The Hall–Kier alpha value is -2.89. The molecule has 0 saturated carbocycles. The quantitative estimate of drug-likeness (QED) is 0.768. The monoisotopic (exact) mass is 341 g/mol. The zero-order valence-corrected chi connectivity index (χ0v) is 14.4. The van der Waals surface area contributed by atoms with Gasteiger partial charge < -0.3 is 14.6 Å². The highest BCUT2D eigenvalue weighted by molar-refractivity contribution is 5.85. The molecule has 2 aromatic carbocycles. The molecule has 0 aliphatic heterocycles. The number of hydrogen-bond acceptors (Lipinski definition) is 4. The van der Waals surface area contributed by atoms with Crippen molar-refractivity contribution in [2.45, 2.75) is 26.4 Å². The average molecular weight is 341 g/mol. The molecule has 1 aromatic heterocycles. The first-order valence-corrected chi connectivity index (χ1v) is 8.05. The first-order valence-electron chi connectivity index (χ1n) is 8.05. The van der Waals surface area contributed by atoms with Crippen LogP contribution in [0.25, 0.3) is 11.1 Å². The highest BCUT2D eigenvalue weighted by atomic mass is 19.1. The van der Waals surface area contributed by atoms with E-state index in [1.807, 2.05) is 18.2 Å². The second kappa shape index (κ2) is 6.93. The molecule has 0 fully saturated rings. The zero-order chi connectivity index (χ0) is 18.0. The van der Waals surface area contributed by atoms with Crippen molar-refractivity contribution in [1.29, 1.82) is 0 Å². The SMILES string of the molecule is Cc1nc2cc(N[C@H](C)C(=O)N(C)Cc3cccc(F)c3)ccc2o1. The molecule has 0 radical (unpaired) electrons. The third-order valence-corrected chi connectivity index (χ3v) is 3.93. The van der Waals surface area contributed by atoms with E-state index in [0.29, 0.717) is 18.0 Å². The van der Waals surface area contributed by atoms with Crippen LogP contribution in [0.3, 0.4) is 0 Å². The van der Waals surface area contributed by atoms with Crippen LogP contribution >= 0.6 is 0 Å². The van der Waals surface area contributed by atoms with Gasteiger partial charge in [-0.3, -0.25) is 4.79 Å². The summed E-state index contributed by atoms with van der Waals surface area (Å²) in [4.78, 5) is 18.4. The van der Waals surface area contributed by atoms with Crippen LogP contribution in [0.5, 0.6) is 0 Å². The van der Waals surface area contributed by atoms with E-state index in [0.717, 1.165) is 16.8 Å². The Balaban J connectivity index is 1.66. The molecule has 0 aliphatic rings. The van der Waals surface area contributed by atoms with Crippen molar-refractivity contribution in [2.75, 3.05) is 12.4 Å². The molecule has 1 atom stereocenters. The Morgan fingerprint density at radius 2 is 2.12 bits per heavy atom. The van der Waals surface area contributed by atoms with Crippen molar-refractivity contribution in [3.8, 4) is 0 Å². The predicted octanol–water partition coefficient (Wildman–Crippen LogP) is 3.73. The van der Waals surface area contributed by atoms with Gasteiger partial charge in [0.15, 0.2) is 11.5 Å². The standard InChI is InChI=1S/C19H20FN3O2/c1-12(19(24)23(3)11-14-5-4-6-15(20)9-14)21-16-7-8-18-17(10-16)22-13(2)25-18/h4-10,12,21H,11H2,1-3H3/t12-/m1/s1. The van der Waals surface area contributed by atoms with Crippen molar-refractivity contribution >= 4 is 22.7 Å². The summed E-state index contributed by atoms with van der Waals surface area (Å²) in [6.07, 6.45) is 0. The lowest BCUT2D eigenvalue weighted by atomic mass is 10.2. The van der Waals surface area contributed by atoms with Crippen molar-refractivity contribution in [2.24, 2.45) is 0 Å². The lowest BCUT2D eigenvalue weighted by molar-refractivity contribution is -0.130. The molecule has 130 valence electrons. The average Bonchev–Trinajstić information content (AvgIpc) is 2.93. The van der Waals surface area contributed by atoms with E-state index < -0.39 is 6.04 Å². The van der Waals surface area contributed by atoms with E-state index >= 15 is 0 Å². The minimum absolute atomic E-state index is 0.0827. The van der Waals surface area contributed by atoms with Gasteiger partial charge in [0.2, 0.25) is 5.91 Å². The lowest BCUT2D eigenvalue weighted by Gasteiger charge is -2.23. The Kier molecular flexibility index (Phi) is 4.70. The summed E-state index contributed by atoms with van der Waals surface area (Å²) in [7, 11) is 1.70. The van der Waals surface area contributed by atoms with Crippen LogP contribution in [0.1, 0.15) is 18.4 Å². The number of oxazole rings is 1. The number of rotatable bonds is 5. The Labute approximate surface area is 145 Å². The van der Waals surface area contributed by atoms with Gasteiger partial charge in [0, 0.05) is 26.2 Å². The molecule has 0 bridgehead atoms. The highest BCUT2D eigenvalue weighted by Gasteiger charge is 2.18. The number of nitrogens with zero attached hydrogens (tertiary/aromatic N) is 2. The number of amides is 1. The number of carbonyl (C=O) groups excluding carboxylic acids is 1. The summed E-state index contributed by atoms with van der Waals surface area (Å²) in [6, 6.07) is 11.4. The fourth-order valence-electron chi connectivity index (χ4n) is 2.76. The lowest BCUT2D eigenvalue weighted by Crippen LogP contribution is -2.38. The van der Waals surface area contributed by atoms with Crippen LogP contribution in [0.15, 0.2) is 46.9 Å². The van der Waals surface area contributed by atoms with E-state index in [1.54, 1.807) is 37.9 Å². The molecule has 6 heteroatoms. The van der Waals surface area contributed by atoms with Gasteiger partial charge in [-0.2, -0.15) is 0 Å². The third kappa shape index (κ3) is 3.96. The first kappa shape index (κ1) is 17.0. The molecule has 1 heterocycles. The molecular weight excluding hydrogens is 321 g/mol. The molecule has 0 unspecified atom stereocenters. The van der Waals surface area contributed by atoms with Gasteiger partial charge in [-0.1, -0.05) is 12.1 Å². The van der Waals surface area contributed by atoms with E-state index in [-0.39, 0.29) is 11.7 Å². The van der Waals surface area contributed by atoms with Crippen molar-refractivity contribution in [3.05, 3.63) is 59.7 Å². The summed E-state index contributed by atoms with van der Waals surface area (Å²) in [5.74, 6) is 0.215. The van der Waals surface area contributed by atoms with Crippen LogP contribution in [-0.4, -0.2) is 28.9 Å². The van der Waals surface area contributed by atoms with Crippen molar-refractivity contribution in [1.82, 2.24) is 9.88 Å². The molecule has 0 saturated heterocycles. The van der Waals surface area contributed by atoms with Gasteiger partial charge in [0.05, 0.1) is 0 Å². The van der Waals surface area contributed by atoms with Gasteiger partial charge in [0.1, 0.15) is 17.4 Å². The number of anilines is 1. The Morgan fingerprint density at radius 3 is 2.88 bits per heavy atom. The number of halogens is 1. The summed E-state index contributed by atoms with van der Waals surface area (Å²) < 4.78 is 18.7. The second-order valence-electron chi connectivity index (χ2n) is 6.11.